The van der Waals surface area contributed by atoms with Gasteiger partial charge in [-0.1, -0.05) is 29.3 Å². The van der Waals surface area contributed by atoms with Gasteiger partial charge in [0.1, 0.15) is 16.9 Å². The van der Waals surface area contributed by atoms with Gasteiger partial charge in [0.15, 0.2) is 0 Å². The molecular weight excluding hydrogens is 266 g/mol. The Morgan fingerprint density at radius 3 is 2.38 bits per heavy atom. The van der Waals surface area contributed by atoms with E-state index in [1.165, 1.54) is 0 Å². The van der Waals surface area contributed by atoms with Crippen molar-refractivity contribution in [2.24, 2.45) is 0 Å². The second-order valence-electron chi connectivity index (χ2n) is 3.48. The molecule has 0 saturated heterocycles. The fraction of sp³-hybridized carbons (Fsp3) is 0.167. The fourth-order valence-electron chi connectivity index (χ4n) is 1.42. The summed E-state index contributed by atoms with van der Waals surface area (Å²) in [6.07, 6.45) is 0. The molecule has 0 aliphatic heterocycles. The molecule has 1 unspecified atom stereocenters. The lowest BCUT2D eigenvalue weighted by molar-refractivity contribution is 0.489. The highest BCUT2D eigenvalue weighted by Crippen LogP contribution is 2.33. The van der Waals surface area contributed by atoms with Crippen molar-refractivity contribution in [3.8, 4) is 0 Å². The average molecular weight is 276 g/mol. The van der Waals surface area contributed by atoms with E-state index in [4.69, 9.17) is 39.2 Å². The summed E-state index contributed by atoms with van der Waals surface area (Å²) in [6, 6.07) is 9.05. The molecule has 16 heavy (non-hydrogen) atoms. The molecule has 0 aliphatic carbocycles. The summed E-state index contributed by atoms with van der Waals surface area (Å²) in [5.41, 5.74) is 0.866. The van der Waals surface area contributed by atoms with Gasteiger partial charge in [-0.05, 0) is 36.8 Å². The van der Waals surface area contributed by atoms with Gasteiger partial charge in [-0.15, -0.1) is 11.6 Å². The maximum absolute atomic E-state index is 6.27. The third-order valence-corrected chi connectivity index (χ3v) is 3.45. The van der Waals surface area contributed by atoms with Crippen molar-refractivity contribution in [1.29, 1.82) is 0 Å². The van der Waals surface area contributed by atoms with Crippen LogP contribution in [0.4, 0.5) is 0 Å². The topological polar surface area (TPSA) is 13.1 Å². The second kappa shape index (κ2) is 4.70. The number of halogens is 3. The van der Waals surface area contributed by atoms with Crippen LogP contribution in [0.3, 0.4) is 0 Å². The Bertz CT molecular complexity index is 505. The normalized spacial score (nSPS) is 12.8. The molecule has 0 bridgehead atoms. The zero-order valence-electron chi connectivity index (χ0n) is 8.51. The summed E-state index contributed by atoms with van der Waals surface area (Å²) >= 11 is 18.0. The third-order valence-electron chi connectivity index (χ3n) is 2.25. The number of furan rings is 1. The summed E-state index contributed by atoms with van der Waals surface area (Å²) in [7, 11) is 0. The Balaban J connectivity index is 2.33. The van der Waals surface area contributed by atoms with E-state index in [0.717, 1.165) is 11.3 Å². The van der Waals surface area contributed by atoms with E-state index in [1.807, 2.05) is 25.1 Å². The Kier molecular flexibility index (Phi) is 3.48. The van der Waals surface area contributed by atoms with Gasteiger partial charge in [0.25, 0.3) is 0 Å². The van der Waals surface area contributed by atoms with Crippen LogP contribution in [-0.2, 0) is 0 Å². The minimum Gasteiger partial charge on any atom is -0.464 e. The highest BCUT2D eigenvalue weighted by molar-refractivity contribution is 6.42. The van der Waals surface area contributed by atoms with Crippen molar-refractivity contribution < 1.29 is 4.42 Å². The molecule has 1 atom stereocenters. The molecule has 1 nitrogen and oxygen atoms in total. The van der Waals surface area contributed by atoms with E-state index in [0.29, 0.717) is 15.8 Å². The molecule has 0 aliphatic rings. The molecule has 1 aromatic heterocycles. The highest BCUT2D eigenvalue weighted by atomic mass is 35.5. The summed E-state index contributed by atoms with van der Waals surface area (Å²) < 4.78 is 5.46. The minimum atomic E-state index is -0.344. The van der Waals surface area contributed by atoms with Crippen LogP contribution >= 0.6 is 34.8 Å². The molecule has 0 radical (unpaired) electrons. The summed E-state index contributed by atoms with van der Waals surface area (Å²) in [6.45, 7) is 1.88. The molecule has 84 valence electrons. The molecule has 2 aromatic rings. The first-order valence-electron chi connectivity index (χ1n) is 4.73. The number of rotatable bonds is 2. The predicted molar refractivity (Wildman–Crippen MR) is 67.6 cm³/mol. The monoisotopic (exact) mass is 274 g/mol. The molecule has 0 N–H and O–H groups in total. The second-order valence-corrected chi connectivity index (χ2v) is 4.74. The van der Waals surface area contributed by atoms with E-state index in [-0.39, 0.29) is 5.38 Å². The largest absolute Gasteiger partial charge is 0.464 e. The first-order chi connectivity index (χ1) is 7.58. The first kappa shape index (κ1) is 11.8. The van der Waals surface area contributed by atoms with E-state index >= 15 is 0 Å². The Labute approximate surface area is 109 Å². The van der Waals surface area contributed by atoms with Gasteiger partial charge < -0.3 is 4.42 Å². The van der Waals surface area contributed by atoms with Crippen molar-refractivity contribution >= 4 is 34.8 Å². The lowest BCUT2D eigenvalue weighted by Crippen LogP contribution is -1.91. The number of aryl methyl sites for hydroxylation is 1. The van der Waals surface area contributed by atoms with Crippen LogP contribution in [0.2, 0.25) is 10.0 Å². The Morgan fingerprint density at radius 1 is 1.06 bits per heavy atom. The summed E-state index contributed by atoms with van der Waals surface area (Å²) in [5.74, 6) is 1.54. The van der Waals surface area contributed by atoms with E-state index in [9.17, 15) is 0 Å². The Morgan fingerprint density at radius 2 is 1.81 bits per heavy atom. The van der Waals surface area contributed by atoms with Crippen LogP contribution in [0.5, 0.6) is 0 Å². The molecular formula is C12H9Cl3O. The van der Waals surface area contributed by atoms with Crippen LogP contribution in [0.25, 0.3) is 0 Å². The molecule has 2 rings (SSSR count). The molecule has 0 spiro atoms. The number of benzene rings is 1. The maximum atomic E-state index is 6.27. The minimum absolute atomic E-state index is 0.344. The lowest BCUT2D eigenvalue weighted by Gasteiger charge is -2.07. The van der Waals surface area contributed by atoms with E-state index < -0.39 is 0 Å². The van der Waals surface area contributed by atoms with Gasteiger partial charge in [-0.25, -0.2) is 0 Å². The van der Waals surface area contributed by atoms with Crippen molar-refractivity contribution in [2.45, 2.75) is 12.3 Å². The summed E-state index contributed by atoms with van der Waals surface area (Å²) in [4.78, 5) is 0. The van der Waals surface area contributed by atoms with Crippen molar-refractivity contribution in [3.05, 3.63) is 57.5 Å². The quantitative estimate of drug-likeness (QED) is 0.685. The van der Waals surface area contributed by atoms with Crippen LogP contribution < -0.4 is 0 Å². The third kappa shape index (κ3) is 2.37. The average Bonchev–Trinajstić information content (AvgIpc) is 2.68. The lowest BCUT2D eigenvalue weighted by atomic mass is 10.1. The molecule has 0 fully saturated rings. The SMILES string of the molecule is Cc1ccc(C(Cl)c2ccc(Cl)c(Cl)c2)o1. The van der Waals surface area contributed by atoms with Crippen LogP contribution in [-0.4, -0.2) is 0 Å². The molecule has 1 aromatic carbocycles. The number of alkyl halides is 1. The molecule has 0 amide bonds. The zero-order valence-corrected chi connectivity index (χ0v) is 10.8. The van der Waals surface area contributed by atoms with Gasteiger partial charge in [0.2, 0.25) is 0 Å². The van der Waals surface area contributed by atoms with Crippen LogP contribution in [0.1, 0.15) is 22.5 Å². The molecule has 0 saturated carbocycles. The van der Waals surface area contributed by atoms with Crippen LogP contribution in [0, 0.1) is 6.92 Å². The van der Waals surface area contributed by atoms with Gasteiger partial charge in [-0.2, -0.15) is 0 Å². The number of hydrogen-bond acceptors (Lipinski definition) is 1. The van der Waals surface area contributed by atoms with Crippen molar-refractivity contribution in [3.63, 3.8) is 0 Å². The molecule has 1 heterocycles. The van der Waals surface area contributed by atoms with Gasteiger partial charge in [0.05, 0.1) is 10.0 Å². The highest BCUT2D eigenvalue weighted by Gasteiger charge is 2.15. The number of hydrogen-bond donors (Lipinski definition) is 0. The Hall–Kier alpha value is -0.630. The predicted octanol–water partition coefficient (Wildman–Crippen LogP) is 5.22. The maximum Gasteiger partial charge on any atom is 0.126 e. The van der Waals surface area contributed by atoms with Gasteiger partial charge in [-0.3, -0.25) is 0 Å². The van der Waals surface area contributed by atoms with Gasteiger partial charge in [0, 0.05) is 0 Å². The molecule has 4 heteroatoms. The van der Waals surface area contributed by atoms with E-state index in [1.54, 1.807) is 12.1 Å². The van der Waals surface area contributed by atoms with Crippen LogP contribution in [0.15, 0.2) is 34.7 Å². The fourth-order valence-corrected chi connectivity index (χ4v) is 1.98. The van der Waals surface area contributed by atoms with Gasteiger partial charge >= 0.3 is 0 Å². The first-order valence-corrected chi connectivity index (χ1v) is 5.92. The van der Waals surface area contributed by atoms with Crippen molar-refractivity contribution in [1.82, 2.24) is 0 Å². The van der Waals surface area contributed by atoms with E-state index in [2.05, 4.69) is 0 Å². The van der Waals surface area contributed by atoms with Crippen molar-refractivity contribution in [2.75, 3.05) is 0 Å². The summed E-state index contributed by atoms with van der Waals surface area (Å²) in [5, 5.41) is 0.668. The standard InChI is InChI=1S/C12H9Cl3O/c1-7-2-5-11(16-7)12(15)8-3-4-9(13)10(14)6-8/h2-6,12H,1H3. The zero-order chi connectivity index (χ0) is 11.7. The smallest absolute Gasteiger partial charge is 0.126 e.